The number of hydrogen-bond donors (Lipinski definition) is 1. The summed E-state index contributed by atoms with van der Waals surface area (Å²) in [5.74, 6) is -0.636. The standard InChI is InChI=1S/C13H14O4/c1-4-5-11-12(17-9(3)15)7-6-10(8(2)14)13(11)16/h4,6-7,16H,1,5H2,2-3H3. The molecule has 0 unspecified atom stereocenters. The summed E-state index contributed by atoms with van der Waals surface area (Å²) >= 11 is 0. The number of hydrogen-bond acceptors (Lipinski definition) is 4. The van der Waals surface area contributed by atoms with Crippen LogP contribution in [0, 0.1) is 0 Å². The molecule has 0 aliphatic rings. The quantitative estimate of drug-likeness (QED) is 0.375. The van der Waals surface area contributed by atoms with E-state index in [9.17, 15) is 14.7 Å². The van der Waals surface area contributed by atoms with Gasteiger partial charge < -0.3 is 9.84 Å². The van der Waals surface area contributed by atoms with E-state index in [0.29, 0.717) is 12.0 Å². The first-order valence-corrected chi connectivity index (χ1v) is 5.12. The average Bonchev–Trinajstić information content (AvgIpc) is 2.22. The molecule has 0 aromatic heterocycles. The van der Waals surface area contributed by atoms with E-state index in [4.69, 9.17) is 4.74 Å². The minimum atomic E-state index is -0.481. The van der Waals surface area contributed by atoms with E-state index in [0.717, 1.165) is 0 Å². The van der Waals surface area contributed by atoms with Crippen molar-refractivity contribution in [3.8, 4) is 11.5 Å². The second-order valence-electron chi connectivity index (χ2n) is 3.58. The van der Waals surface area contributed by atoms with Crippen molar-refractivity contribution in [1.82, 2.24) is 0 Å². The number of phenolic OH excluding ortho intramolecular Hbond substituents is 1. The van der Waals surface area contributed by atoms with Crippen LogP contribution in [0.4, 0.5) is 0 Å². The number of carbonyl (C=O) groups excluding carboxylic acids is 2. The summed E-state index contributed by atoms with van der Waals surface area (Å²) in [4.78, 5) is 22.2. The molecule has 17 heavy (non-hydrogen) atoms. The van der Waals surface area contributed by atoms with Crippen LogP contribution in [-0.2, 0) is 11.2 Å². The Morgan fingerprint density at radius 3 is 2.53 bits per heavy atom. The summed E-state index contributed by atoms with van der Waals surface area (Å²) < 4.78 is 4.96. The predicted molar refractivity (Wildman–Crippen MR) is 63.3 cm³/mol. The van der Waals surface area contributed by atoms with Crippen LogP contribution in [0.15, 0.2) is 24.8 Å². The number of esters is 1. The first kappa shape index (κ1) is 13.0. The number of ketones is 1. The lowest BCUT2D eigenvalue weighted by Crippen LogP contribution is -2.05. The van der Waals surface area contributed by atoms with Crippen molar-refractivity contribution >= 4 is 11.8 Å². The molecular formula is C13H14O4. The van der Waals surface area contributed by atoms with Gasteiger partial charge in [0.1, 0.15) is 11.5 Å². The number of aromatic hydroxyl groups is 1. The maximum Gasteiger partial charge on any atom is 0.308 e. The minimum absolute atomic E-state index is 0.156. The summed E-state index contributed by atoms with van der Waals surface area (Å²) in [7, 11) is 0. The molecule has 1 rings (SSSR count). The molecule has 0 aliphatic carbocycles. The largest absolute Gasteiger partial charge is 0.507 e. The van der Waals surface area contributed by atoms with Crippen molar-refractivity contribution in [2.75, 3.05) is 0 Å². The van der Waals surface area contributed by atoms with Crippen LogP contribution in [0.5, 0.6) is 11.5 Å². The first-order valence-electron chi connectivity index (χ1n) is 5.12. The van der Waals surface area contributed by atoms with Crippen LogP contribution in [0.25, 0.3) is 0 Å². The highest BCUT2D eigenvalue weighted by Gasteiger charge is 2.16. The van der Waals surface area contributed by atoms with Gasteiger partial charge in [-0.05, 0) is 25.5 Å². The van der Waals surface area contributed by atoms with E-state index in [-0.39, 0.29) is 22.8 Å². The normalized spacial score (nSPS) is 9.76. The summed E-state index contributed by atoms with van der Waals surface area (Å²) in [6.07, 6.45) is 1.88. The van der Waals surface area contributed by atoms with E-state index < -0.39 is 5.97 Å². The molecule has 4 heteroatoms. The van der Waals surface area contributed by atoms with Gasteiger partial charge in [0, 0.05) is 12.5 Å². The Morgan fingerprint density at radius 2 is 2.06 bits per heavy atom. The topological polar surface area (TPSA) is 63.6 Å². The van der Waals surface area contributed by atoms with E-state index in [1.165, 1.54) is 26.0 Å². The molecule has 4 nitrogen and oxygen atoms in total. The molecule has 1 N–H and O–H groups in total. The molecule has 0 aliphatic heterocycles. The Morgan fingerprint density at radius 1 is 1.41 bits per heavy atom. The van der Waals surface area contributed by atoms with Crippen molar-refractivity contribution in [2.45, 2.75) is 20.3 Å². The molecule has 1 aromatic rings. The Hall–Kier alpha value is -2.10. The third-order valence-corrected chi connectivity index (χ3v) is 2.22. The maximum absolute atomic E-state index is 11.3. The number of rotatable bonds is 4. The van der Waals surface area contributed by atoms with Gasteiger partial charge in [0.25, 0.3) is 0 Å². The van der Waals surface area contributed by atoms with E-state index in [2.05, 4.69) is 6.58 Å². The van der Waals surface area contributed by atoms with Gasteiger partial charge in [-0.2, -0.15) is 0 Å². The van der Waals surface area contributed by atoms with Gasteiger partial charge in [0.05, 0.1) is 5.56 Å². The number of allylic oxidation sites excluding steroid dienone is 1. The second kappa shape index (κ2) is 5.30. The van der Waals surface area contributed by atoms with Crippen LogP contribution in [0.2, 0.25) is 0 Å². The monoisotopic (exact) mass is 234 g/mol. The van der Waals surface area contributed by atoms with Crippen molar-refractivity contribution in [2.24, 2.45) is 0 Å². The summed E-state index contributed by atoms with van der Waals surface area (Å²) in [5.41, 5.74) is 0.598. The van der Waals surface area contributed by atoms with Gasteiger partial charge in [-0.1, -0.05) is 6.08 Å². The Bertz CT molecular complexity index is 475. The average molecular weight is 234 g/mol. The highest BCUT2D eigenvalue weighted by atomic mass is 16.5. The van der Waals surface area contributed by atoms with Gasteiger partial charge in [-0.25, -0.2) is 0 Å². The van der Waals surface area contributed by atoms with E-state index in [1.54, 1.807) is 6.08 Å². The molecule has 90 valence electrons. The highest BCUT2D eigenvalue weighted by Crippen LogP contribution is 2.32. The molecule has 0 amide bonds. The molecule has 0 heterocycles. The van der Waals surface area contributed by atoms with Crippen LogP contribution < -0.4 is 4.74 Å². The predicted octanol–water partition coefficient (Wildman–Crippen LogP) is 2.25. The van der Waals surface area contributed by atoms with Gasteiger partial charge in [0.2, 0.25) is 0 Å². The highest BCUT2D eigenvalue weighted by molar-refractivity contribution is 5.97. The van der Waals surface area contributed by atoms with Gasteiger partial charge >= 0.3 is 5.97 Å². The van der Waals surface area contributed by atoms with Gasteiger partial charge in [-0.3, -0.25) is 9.59 Å². The number of Topliss-reactive ketones (excluding diaryl/α,β-unsaturated/α-hetero) is 1. The second-order valence-corrected chi connectivity index (χ2v) is 3.58. The maximum atomic E-state index is 11.3. The molecule has 0 saturated heterocycles. The first-order chi connectivity index (χ1) is 7.97. The Labute approximate surface area is 99.5 Å². The molecule has 1 aromatic carbocycles. The summed E-state index contributed by atoms with van der Waals surface area (Å²) in [6, 6.07) is 2.93. The number of phenols is 1. The fourth-order valence-corrected chi connectivity index (χ4v) is 1.49. The molecular weight excluding hydrogens is 220 g/mol. The third kappa shape index (κ3) is 2.93. The zero-order valence-corrected chi connectivity index (χ0v) is 9.82. The molecule has 0 saturated carbocycles. The SMILES string of the molecule is C=CCc1c(OC(C)=O)ccc(C(C)=O)c1O. The van der Waals surface area contributed by atoms with Crippen LogP contribution in [0.1, 0.15) is 29.8 Å². The lowest BCUT2D eigenvalue weighted by atomic mass is 10.0. The smallest absolute Gasteiger partial charge is 0.308 e. The molecule has 0 spiro atoms. The van der Waals surface area contributed by atoms with Gasteiger partial charge in [0.15, 0.2) is 5.78 Å². The summed E-state index contributed by atoms with van der Waals surface area (Å²) in [6.45, 7) is 6.19. The van der Waals surface area contributed by atoms with Crippen molar-refractivity contribution in [1.29, 1.82) is 0 Å². The molecule has 0 atom stereocenters. The van der Waals surface area contributed by atoms with Crippen LogP contribution >= 0.6 is 0 Å². The van der Waals surface area contributed by atoms with Crippen molar-refractivity contribution in [3.63, 3.8) is 0 Å². The summed E-state index contributed by atoms with van der Waals surface area (Å²) in [5, 5.41) is 9.92. The lowest BCUT2D eigenvalue weighted by molar-refractivity contribution is -0.131. The fraction of sp³-hybridized carbons (Fsp3) is 0.231. The number of ether oxygens (including phenoxy) is 1. The number of carbonyl (C=O) groups is 2. The molecule has 0 fully saturated rings. The minimum Gasteiger partial charge on any atom is -0.507 e. The van der Waals surface area contributed by atoms with E-state index in [1.807, 2.05) is 0 Å². The van der Waals surface area contributed by atoms with Crippen molar-refractivity contribution < 1.29 is 19.4 Å². The fourth-order valence-electron chi connectivity index (χ4n) is 1.49. The van der Waals surface area contributed by atoms with Crippen LogP contribution in [0.3, 0.4) is 0 Å². The van der Waals surface area contributed by atoms with Crippen LogP contribution in [-0.4, -0.2) is 16.9 Å². The zero-order chi connectivity index (χ0) is 13.0. The number of benzene rings is 1. The zero-order valence-electron chi connectivity index (χ0n) is 9.82. The van der Waals surface area contributed by atoms with Crippen molar-refractivity contribution in [3.05, 3.63) is 35.9 Å². The Kier molecular flexibility index (Phi) is 4.04. The lowest BCUT2D eigenvalue weighted by Gasteiger charge is -2.11. The molecule has 0 radical (unpaired) electrons. The third-order valence-electron chi connectivity index (χ3n) is 2.22. The van der Waals surface area contributed by atoms with Gasteiger partial charge in [-0.15, -0.1) is 6.58 Å². The van der Waals surface area contributed by atoms with E-state index >= 15 is 0 Å². The Balaban J connectivity index is 3.32. The molecule has 0 bridgehead atoms.